The summed E-state index contributed by atoms with van der Waals surface area (Å²) in [6.07, 6.45) is 9.34. The lowest BCUT2D eigenvalue weighted by Gasteiger charge is -2.42. The predicted octanol–water partition coefficient (Wildman–Crippen LogP) is 4.09. The fourth-order valence-corrected chi connectivity index (χ4v) is 6.23. The summed E-state index contributed by atoms with van der Waals surface area (Å²) in [5.74, 6) is 2.61. The van der Waals surface area contributed by atoms with Crippen molar-refractivity contribution in [3.8, 4) is 0 Å². The van der Waals surface area contributed by atoms with Crippen molar-refractivity contribution in [3.63, 3.8) is 0 Å². The Balaban J connectivity index is 1.22. The first-order valence-corrected chi connectivity index (χ1v) is 11.7. The number of nitrogens with one attached hydrogen (secondary N) is 1. The number of anilines is 1. The minimum absolute atomic E-state index is 0.617. The summed E-state index contributed by atoms with van der Waals surface area (Å²) in [6.45, 7) is 3.87. The molecule has 29 heavy (non-hydrogen) atoms. The number of fused-ring (bicyclic) bond motifs is 1. The highest BCUT2D eigenvalue weighted by Gasteiger charge is 2.31. The van der Waals surface area contributed by atoms with E-state index in [0.29, 0.717) is 6.54 Å². The van der Waals surface area contributed by atoms with Crippen LogP contribution >= 0.6 is 24.0 Å². The quantitative estimate of drug-likeness (QED) is 0.739. The molecule has 0 bridgehead atoms. The van der Waals surface area contributed by atoms with E-state index >= 15 is 0 Å². The summed E-state index contributed by atoms with van der Waals surface area (Å²) in [6, 6.07) is 9.04. The van der Waals surface area contributed by atoms with Gasteiger partial charge in [-0.2, -0.15) is 0 Å². The molecule has 0 spiro atoms. The largest absolute Gasteiger partial charge is 0.371 e. The summed E-state index contributed by atoms with van der Waals surface area (Å²) in [5, 5.41) is 14.0. The van der Waals surface area contributed by atoms with Crippen LogP contribution in [-0.2, 0) is 6.54 Å². The average Bonchev–Trinajstić information content (AvgIpc) is 3.38. The van der Waals surface area contributed by atoms with Gasteiger partial charge in [-0.05, 0) is 58.9 Å². The van der Waals surface area contributed by atoms with Gasteiger partial charge in [-0.15, -0.1) is 5.10 Å². The molecule has 2 aromatic rings. The molecule has 1 aromatic heterocycles. The lowest BCUT2D eigenvalue weighted by Crippen LogP contribution is -2.41. The molecule has 5 rings (SSSR count). The van der Waals surface area contributed by atoms with Gasteiger partial charge in [0.25, 0.3) is 0 Å². The van der Waals surface area contributed by atoms with E-state index in [2.05, 4.69) is 60.8 Å². The van der Waals surface area contributed by atoms with E-state index in [4.69, 9.17) is 12.2 Å². The topological polar surface area (TPSA) is 60.9 Å². The van der Waals surface area contributed by atoms with Gasteiger partial charge >= 0.3 is 0 Å². The normalized spacial score (nSPS) is 26.2. The number of hydrogen-bond donors (Lipinski definition) is 1. The number of aromatic nitrogens is 4. The number of thiocarbonyl (C=S) groups is 1. The van der Waals surface area contributed by atoms with Crippen LogP contribution in [0.3, 0.4) is 0 Å². The van der Waals surface area contributed by atoms with E-state index in [1.165, 1.54) is 61.3 Å². The summed E-state index contributed by atoms with van der Waals surface area (Å²) in [7, 11) is 0. The molecule has 2 aliphatic heterocycles. The molecule has 0 radical (unpaired) electrons. The molecule has 0 unspecified atom stereocenters. The number of nitrogens with zero attached hydrogens (tertiary/aromatic N) is 5. The zero-order chi connectivity index (χ0) is 19.6. The van der Waals surface area contributed by atoms with Crippen molar-refractivity contribution in [2.45, 2.75) is 38.6 Å². The zero-order valence-corrected chi connectivity index (χ0v) is 18.1. The summed E-state index contributed by atoms with van der Waals surface area (Å²) < 4.78 is 0.875. The Morgan fingerprint density at radius 2 is 1.97 bits per heavy atom. The van der Waals surface area contributed by atoms with Gasteiger partial charge in [-0.3, -0.25) is 0 Å². The number of rotatable bonds is 4. The summed E-state index contributed by atoms with van der Waals surface area (Å²) in [4.78, 5) is 5.98. The third kappa shape index (κ3) is 4.33. The first-order chi connectivity index (χ1) is 14.2. The number of thioether (sulfide) groups is 1. The van der Waals surface area contributed by atoms with Crippen molar-refractivity contribution in [3.05, 3.63) is 40.6 Å². The number of H-pyrrole nitrogens is 1. The Kier molecular flexibility index (Phi) is 5.54. The third-order valence-electron chi connectivity index (χ3n) is 6.43. The monoisotopic (exact) mass is 426 g/mol. The Morgan fingerprint density at radius 3 is 2.76 bits per heavy atom. The first kappa shape index (κ1) is 19.1. The molecule has 0 amide bonds. The molecule has 2 atom stereocenters. The van der Waals surface area contributed by atoms with Crippen LogP contribution in [-0.4, -0.2) is 49.5 Å². The van der Waals surface area contributed by atoms with Crippen LogP contribution in [0.25, 0.3) is 6.08 Å². The Bertz CT molecular complexity index is 879. The van der Waals surface area contributed by atoms with Crippen LogP contribution in [0.5, 0.6) is 0 Å². The molecule has 152 valence electrons. The van der Waals surface area contributed by atoms with Gasteiger partial charge in [0.15, 0.2) is 5.82 Å². The van der Waals surface area contributed by atoms with E-state index in [9.17, 15) is 0 Å². The molecule has 6 nitrogen and oxygen atoms in total. The fourth-order valence-electron chi connectivity index (χ4n) is 4.89. The maximum atomic E-state index is 5.52. The van der Waals surface area contributed by atoms with Gasteiger partial charge in [-0.1, -0.05) is 55.4 Å². The van der Waals surface area contributed by atoms with Gasteiger partial charge in [0.05, 0.1) is 13.1 Å². The molecule has 3 fully saturated rings. The van der Waals surface area contributed by atoms with Crippen molar-refractivity contribution in [1.29, 1.82) is 0 Å². The first-order valence-electron chi connectivity index (χ1n) is 10.5. The highest BCUT2D eigenvalue weighted by Crippen LogP contribution is 2.38. The van der Waals surface area contributed by atoms with Crippen molar-refractivity contribution in [2.75, 3.05) is 24.5 Å². The number of piperidine rings is 1. The minimum atomic E-state index is 0.617. The van der Waals surface area contributed by atoms with E-state index in [1.54, 1.807) is 11.8 Å². The number of hydrogen-bond acceptors (Lipinski definition) is 6. The molecule has 3 aliphatic rings. The lowest BCUT2D eigenvalue weighted by atomic mass is 9.75. The molecule has 1 saturated carbocycles. The molecule has 1 N–H and O–H groups in total. The SMILES string of the molecule is S=C1SC(=Cc2ccc(N3CC[C@@H]4CCCC[C@H]4C3)cc2)CN1Cc1nnn[nH]1. The predicted molar refractivity (Wildman–Crippen MR) is 121 cm³/mol. The summed E-state index contributed by atoms with van der Waals surface area (Å²) in [5.41, 5.74) is 2.60. The van der Waals surface area contributed by atoms with Crippen LogP contribution < -0.4 is 4.90 Å². The van der Waals surface area contributed by atoms with Crippen molar-refractivity contribution >= 4 is 40.1 Å². The second-order valence-electron chi connectivity index (χ2n) is 8.31. The molecule has 1 aromatic carbocycles. The number of benzene rings is 1. The molecule has 8 heteroatoms. The molecular formula is C21H26N6S2. The standard InChI is InChI=1S/C21H26N6S2/c28-21-27(14-20-22-24-25-23-20)13-19(29-21)11-15-5-7-18(8-6-15)26-10-9-16-3-1-2-4-17(16)12-26/h5-8,11,16-17H,1-4,9-10,12-14H2,(H,22,23,24,25)/t16-,17-/m0/s1. The summed E-state index contributed by atoms with van der Waals surface area (Å²) >= 11 is 7.18. The van der Waals surface area contributed by atoms with E-state index in [0.717, 1.165) is 28.5 Å². The van der Waals surface area contributed by atoms with Crippen LogP contribution in [0, 0.1) is 11.8 Å². The van der Waals surface area contributed by atoms with E-state index in [1.807, 2.05) is 0 Å². The highest BCUT2D eigenvalue weighted by molar-refractivity contribution is 8.25. The molecule has 1 aliphatic carbocycles. The molecule has 3 heterocycles. The number of tetrazole rings is 1. The van der Waals surface area contributed by atoms with Gasteiger partial charge < -0.3 is 9.80 Å². The Labute approximate surface area is 181 Å². The van der Waals surface area contributed by atoms with Crippen LogP contribution in [0.2, 0.25) is 0 Å². The van der Waals surface area contributed by atoms with Gasteiger partial charge in [0.1, 0.15) is 4.32 Å². The number of aromatic amines is 1. The average molecular weight is 427 g/mol. The van der Waals surface area contributed by atoms with Crippen molar-refractivity contribution in [2.24, 2.45) is 11.8 Å². The smallest absolute Gasteiger partial charge is 0.168 e. The van der Waals surface area contributed by atoms with Crippen molar-refractivity contribution in [1.82, 2.24) is 25.5 Å². The Hall–Kier alpha value is -1.93. The Morgan fingerprint density at radius 1 is 1.14 bits per heavy atom. The van der Waals surface area contributed by atoms with Crippen LogP contribution in [0.1, 0.15) is 43.5 Å². The molecular weight excluding hydrogens is 400 g/mol. The van der Waals surface area contributed by atoms with Gasteiger partial charge in [-0.25, -0.2) is 5.10 Å². The second kappa shape index (κ2) is 8.44. The minimum Gasteiger partial charge on any atom is -0.371 e. The van der Waals surface area contributed by atoms with E-state index < -0.39 is 0 Å². The van der Waals surface area contributed by atoms with Gasteiger partial charge in [0.2, 0.25) is 0 Å². The maximum absolute atomic E-state index is 5.52. The zero-order valence-electron chi connectivity index (χ0n) is 16.5. The van der Waals surface area contributed by atoms with E-state index in [-0.39, 0.29) is 0 Å². The highest BCUT2D eigenvalue weighted by atomic mass is 32.2. The second-order valence-corrected chi connectivity index (χ2v) is 10.1. The molecule has 2 saturated heterocycles. The fraction of sp³-hybridized carbons (Fsp3) is 0.524. The lowest BCUT2D eigenvalue weighted by molar-refractivity contribution is 0.202. The third-order valence-corrected chi connectivity index (χ3v) is 7.88. The van der Waals surface area contributed by atoms with Crippen molar-refractivity contribution < 1.29 is 0 Å². The van der Waals surface area contributed by atoms with Crippen LogP contribution in [0.15, 0.2) is 29.2 Å². The maximum Gasteiger partial charge on any atom is 0.168 e. The van der Waals surface area contributed by atoms with Gasteiger partial charge in [0, 0.05) is 23.7 Å². The van der Waals surface area contributed by atoms with Crippen LogP contribution in [0.4, 0.5) is 5.69 Å².